The molecule has 2 N–H and O–H groups in total. The molecule has 4 nitrogen and oxygen atoms in total. The minimum absolute atomic E-state index is 0.0903. The van der Waals surface area contributed by atoms with Crippen LogP contribution in [0, 0.1) is 0 Å². The highest BCUT2D eigenvalue weighted by Gasteiger charge is 2.02. The zero-order chi connectivity index (χ0) is 15.1. The van der Waals surface area contributed by atoms with E-state index in [0.29, 0.717) is 23.1 Å². The van der Waals surface area contributed by atoms with Crippen LogP contribution in [0.4, 0.5) is 5.69 Å². The first-order valence-corrected chi connectivity index (χ1v) is 6.93. The zero-order valence-corrected chi connectivity index (χ0v) is 12.1. The SMILES string of the molecule is O=C(CCO)Nc1ccc(OCc2cccc(Cl)c2)cc1. The first-order valence-electron chi connectivity index (χ1n) is 6.55. The van der Waals surface area contributed by atoms with Crippen LogP contribution in [0.25, 0.3) is 0 Å². The quantitative estimate of drug-likeness (QED) is 0.861. The van der Waals surface area contributed by atoms with Gasteiger partial charge in [-0.05, 0) is 42.0 Å². The Balaban J connectivity index is 1.89. The Labute approximate surface area is 128 Å². The Kier molecular flexibility index (Phi) is 5.60. The van der Waals surface area contributed by atoms with Gasteiger partial charge < -0.3 is 15.2 Å². The second-order valence-electron chi connectivity index (χ2n) is 4.46. The van der Waals surface area contributed by atoms with Crippen molar-refractivity contribution < 1.29 is 14.6 Å². The number of carbonyl (C=O) groups is 1. The molecule has 0 unspecified atom stereocenters. The number of amides is 1. The smallest absolute Gasteiger partial charge is 0.226 e. The second-order valence-corrected chi connectivity index (χ2v) is 4.90. The molecular formula is C16H16ClNO3. The molecule has 0 atom stereocenters. The number of carbonyl (C=O) groups excluding carboxylic acids is 1. The van der Waals surface area contributed by atoms with E-state index in [4.69, 9.17) is 21.4 Å². The first kappa shape index (κ1) is 15.4. The average Bonchev–Trinajstić information content (AvgIpc) is 2.47. The molecule has 2 aromatic rings. The summed E-state index contributed by atoms with van der Waals surface area (Å²) in [4.78, 5) is 11.3. The maximum Gasteiger partial charge on any atom is 0.226 e. The van der Waals surface area contributed by atoms with Crippen LogP contribution in [-0.4, -0.2) is 17.6 Å². The first-order chi connectivity index (χ1) is 10.2. The van der Waals surface area contributed by atoms with Crippen molar-refractivity contribution in [3.8, 4) is 5.75 Å². The van der Waals surface area contributed by atoms with Crippen molar-refractivity contribution in [3.05, 3.63) is 59.1 Å². The Morgan fingerprint density at radius 3 is 2.62 bits per heavy atom. The summed E-state index contributed by atoms with van der Waals surface area (Å²) >= 11 is 5.91. The highest BCUT2D eigenvalue weighted by Crippen LogP contribution is 2.18. The maximum atomic E-state index is 11.3. The number of ether oxygens (including phenoxy) is 1. The molecule has 0 bridgehead atoms. The van der Waals surface area contributed by atoms with Gasteiger partial charge in [0.2, 0.25) is 5.91 Å². The molecule has 2 aromatic carbocycles. The molecule has 0 radical (unpaired) electrons. The minimum Gasteiger partial charge on any atom is -0.489 e. The van der Waals surface area contributed by atoms with E-state index in [2.05, 4.69) is 5.32 Å². The number of halogens is 1. The van der Waals surface area contributed by atoms with E-state index >= 15 is 0 Å². The van der Waals surface area contributed by atoms with Gasteiger partial charge in [-0.15, -0.1) is 0 Å². The van der Waals surface area contributed by atoms with Crippen molar-refractivity contribution in [2.45, 2.75) is 13.0 Å². The van der Waals surface area contributed by atoms with Crippen molar-refractivity contribution >= 4 is 23.2 Å². The topological polar surface area (TPSA) is 58.6 Å². The molecule has 0 heterocycles. The number of aliphatic hydroxyl groups excluding tert-OH is 1. The zero-order valence-electron chi connectivity index (χ0n) is 11.4. The molecule has 0 aliphatic carbocycles. The van der Waals surface area contributed by atoms with Gasteiger partial charge in [-0.1, -0.05) is 23.7 Å². The van der Waals surface area contributed by atoms with Gasteiger partial charge in [-0.2, -0.15) is 0 Å². The summed E-state index contributed by atoms with van der Waals surface area (Å²) in [6.45, 7) is 0.267. The number of anilines is 1. The lowest BCUT2D eigenvalue weighted by Crippen LogP contribution is -2.12. The standard InChI is InChI=1S/C16H16ClNO3/c17-13-3-1-2-12(10-13)11-21-15-6-4-14(5-7-15)18-16(20)8-9-19/h1-7,10,19H,8-9,11H2,(H,18,20). The lowest BCUT2D eigenvalue weighted by molar-refractivity contribution is -0.116. The van der Waals surface area contributed by atoms with Crippen molar-refractivity contribution in [1.82, 2.24) is 0 Å². The van der Waals surface area contributed by atoms with Crippen LogP contribution in [0.5, 0.6) is 5.75 Å². The van der Waals surface area contributed by atoms with Crippen molar-refractivity contribution in [3.63, 3.8) is 0 Å². The van der Waals surface area contributed by atoms with Gasteiger partial charge in [0.25, 0.3) is 0 Å². The number of nitrogens with one attached hydrogen (secondary N) is 1. The normalized spacial score (nSPS) is 10.2. The molecule has 0 fully saturated rings. The van der Waals surface area contributed by atoms with Crippen molar-refractivity contribution in [2.24, 2.45) is 0 Å². The predicted octanol–water partition coefficient (Wildman–Crippen LogP) is 3.24. The Morgan fingerprint density at radius 2 is 1.95 bits per heavy atom. The summed E-state index contributed by atoms with van der Waals surface area (Å²) in [5, 5.41) is 12.0. The van der Waals surface area contributed by atoms with Crippen LogP contribution in [0.3, 0.4) is 0 Å². The summed E-state index contributed by atoms with van der Waals surface area (Å²) in [5.41, 5.74) is 1.66. The molecule has 1 amide bonds. The number of hydrogen-bond acceptors (Lipinski definition) is 3. The van der Waals surface area contributed by atoms with Crippen LogP contribution in [0.15, 0.2) is 48.5 Å². The Bertz CT molecular complexity index is 599. The lowest BCUT2D eigenvalue weighted by Gasteiger charge is -2.08. The van der Waals surface area contributed by atoms with Gasteiger partial charge in [0, 0.05) is 10.7 Å². The summed E-state index contributed by atoms with van der Waals surface area (Å²) < 4.78 is 5.64. The molecule has 21 heavy (non-hydrogen) atoms. The van der Waals surface area contributed by atoms with E-state index in [1.165, 1.54) is 0 Å². The predicted molar refractivity (Wildman–Crippen MR) is 82.6 cm³/mol. The molecule has 0 aliphatic rings. The third-order valence-corrected chi connectivity index (χ3v) is 3.01. The molecule has 5 heteroatoms. The van der Waals surface area contributed by atoms with Gasteiger partial charge in [-0.3, -0.25) is 4.79 Å². The van der Waals surface area contributed by atoms with Gasteiger partial charge >= 0.3 is 0 Å². The summed E-state index contributed by atoms with van der Waals surface area (Å²) in [5.74, 6) is 0.486. The van der Waals surface area contributed by atoms with Crippen LogP contribution < -0.4 is 10.1 Å². The Hall–Kier alpha value is -2.04. The van der Waals surface area contributed by atoms with Crippen molar-refractivity contribution in [2.75, 3.05) is 11.9 Å². The van der Waals surface area contributed by atoms with Gasteiger partial charge in [0.1, 0.15) is 12.4 Å². The van der Waals surface area contributed by atoms with Crippen LogP contribution in [-0.2, 0) is 11.4 Å². The van der Waals surface area contributed by atoms with Gasteiger partial charge in [-0.25, -0.2) is 0 Å². The molecule has 0 spiro atoms. The van der Waals surface area contributed by atoms with E-state index in [1.54, 1.807) is 24.3 Å². The maximum absolute atomic E-state index is 11.3. The summed E-state index contributed by atoms with van der Waals surface area (Å²) in [7, 11) is 0. The number of hydrogen-bond donors (Lipinski definition) is 2. The molecule has 0 aromatic heterocycles. The van der Waals surface area contributed by atoms with E-state index in [0.717, 1.165) is 5.56 Å². The van der Waals surface area contributed by atoms with Crippen LogP contribution in [0.2, 0.25) is 5.02 Å². The fourth-order valence-electron chi connectivity index (χ4n) is 1.75. The van der Waals surface area contributed by atoms with E-state index in [-0.39, 0.29) is 18.9 Å². The fraction of sp³-hybridized carbons (Fsp3) is 0.188. The van der Waals surface area contributed by atoms with E-state index < -0.39 is 0 Å². The number of rotatable bonds is 6. The van der Waals surface area contributed by atoms with Crippen molar-refractivity contribution in [1.29, 1.82) is 0 Å². The van der Waals surface area contributed by atoms with E-state index in [1.807, 2.05) is 24.3 Å². The largest absolute Gasteiger partial charge is 0.489 e. The number of aliphatic hydroxyl groups is 1. The highest BCUT2D eigenvalue weighted by atomic mass is 35.5. The third kappa shape index (κ3) is 5.10. The van der Waals surface area contributed by atoms with E-state index in [9.17, 15) is 4.79 Å². The van der Waals surface area contributed by atoms with Gasteiger partial charge in [0.15, 0.2) is 0 Å². The molecule has 0 aliphatic heterocycles. The monoisotopic (exact) mass is 305 g/mol. The summed E-state index contributed by atoms with van der Waals surface area (Å²) in [6.07, 6.45) is 0.0903. The Morgan fingerprint density at radius 1 is 1.19 bits per heavy atom. The fourth-order valence-corrected chi connectivity index (χ4v) is 1.97. The lowest BCUT2D eigenvalue weighted by atomic mass is 10.2. The third-order valence-electron chi connectivity index (χ3n) is 2.77. The highest BCUT2D eigenvalue weighted by molar-refractivity contribution is 6.30. The summed E-state index contributed by atoms with van der Waals surface area (Å²) in [6, 6.07) is 14.5. The van der Waals surface area contributed by atoms with Gasteiger partial charge in [0.05, 0.1) is 13.0 Å². The van der Waals surface area contributed by atoms with Crippen LogP contribution in [0.1, 0.15) is 12.0 Å². The minimum atomic E-state index is -0.218. The number of benzene rings is 2. The molecule has 0 saturated carbocycles. The average molecular weight is 306 g/mol. The molecule has 2 rings (SSSR count). The second kappa shape index (κ2) is 7.67. The van der Waals surface area contributed by atoms with Crippen LogP contribution >= 0.6 is 11.6 Å². The molecular weight excluding hydrogens is 290 g/mol. The molecule has 0 saturated heterocycles. The molecule has 110 valence electrons.